The monoisotopic (exact) mass is 593 g/mol. The topological polar surface area (TPSA) is 132 Å². The number of carbonyl (C=O) groups excluding carboxylic acids is 2. The second-order valence-corrected chi connectivity index (χ2v) is 10.3. The van der Waals surface area contributed by atoms with E-state index in [1.54, 1.807) is 47.4 Å². The first-order chi connectivity index (χ1) is 21.4. The number of fused-ring (bicyclic) bond motifs is 1. The molecule has 3 amide bonds. The molecule has 0 aliphatic rings. The van der Waals surface area contributed by atoms with Crippen LogP contribution in [0.15, 0.2) is 79.1 Å². The summed E-state index contributed by atoms with van der Waals surface area (Å²) >= 11 is 0. The highest BCUT2D eigenvalue weighted by atomic mass is 16.5. The Morgan fingerprint density at radius 3 is 2.57 bits per heavy atom. The number of amides is 3. The Kier molecular flexibility index (Phi) is 9.78. The quantitative estimate of drug-likeness (QED) is 0.155. The van der Waals surface area contributed by atoms with Crippen LogP contribution in [-0.4, -0.2) is 45.4 Å². The molecule has 0 spiro atoms. The first-order valence-electron chi connectivity index (χ1n) is 14.4. The van der Waals surface area contributed by atoms with E-state index < -0.39 is 6.03 Å². The van der Waals surface area contributed by atoms with Gasteiger partial charge in [-0.3, -0.25) is 15.1 Å². The number of pyridine rings is 2. The Morgan fingerprint density at radius 2 is 1.77 bits per heavy atom. The van der Waals surface area contributed by atoms with Crippen LogP contribution in [0.25, 0.3) is 16.6 Å². The Morgan fingerprint density at radius 1 is 0.932 bits per heavy atom. The first kappa shape index (κ1) is 30.2. The number of hydrogen-bond acceptors (Lipinski definition) is 7. The van der Waals surface area contributed by atoms with Crippen molar-refractivity contribution >= 4 is 40.2 Å². The molecule has 11 heteroatoms. The minimum atomic E-state index is -0.404. The molecule has 0 radical (unpaired) electrons. The molecular formula is C33H35N7O4. The van der Waals surface area contributed by atoms with Crippen LogP contribution in [0, 0.1) is 6.92 Å². The third-order valence-electron chi connectivity index (χ3n) is 6.81. The normalized spacial score (nSPS) is 10.9. The maximum absolute atomic E-state index is 13.3. The van der Waals surface area contributed by atoms with Crippen molar-refractivity contribution in [2.24, 2.45) is 0 Å². The van der Waals surface area contributed by atoms with Gasteiger partial charge >= 0.3 is 6.03 Å². The smallest absolute Gasteiger partial charge is 0.324 e. The third kappa shape index (κ3) is 7.56. The van der Waals surface area contributed by atoms with Crippen LogP contribution in [0.3, 0.4) is 0 Å². The van der Waals surface area contributed by atoms with E-state index in [0.29, 0.717) is 28.6 Å². The zero-order valence-corrected chi connectivity index (χ0v) is 25.0. The van der Waals surface area contributed by atoms with Crippen molar-refractivity contribution in [3.63, 3.8) is 0 Å². The molecule has 11 nitrogen and oxygen atoms in total. The van der Waals surface area contributed by atoms with Gasteiger partial charge in [-0.05, 0) is 73.9 Å². The van der Waals surface area contributed by atoms with Crippen molar-refractivity contribution < 1.29 is 19.1 Å². The number of urea groups is 1. The van der Waals surface area contributed by atoms with Crippen LogP contribution < -0.4 is 20.7 Å². The third-order valence-corrected chi connectivity index (χ3v) is 6.81. The maximum atomic E-state index is 13.3. The highest BCUT2D eigenvalue weighted by Gasteiger charge is 2.15. The highest BCUT2D eigenvalue weighted by Crippen LogP contribution is 2.31. The van der Waals surface area contributed by atoms with Gasteiger partial charge in [0.15, 0.2) is 0 Å². The largest absolute Gasteiger partial charge is 0.487 e. The lowest BCUT2D eigenvalue weighted by Gasteiger charge is -2.14. The van der Waals surface area contributed by atoms with Crippen LogP contribution in [-0.2, 0) is 22.6 Å². The van der Waals surface area contributed by atoms with Gasteiger partial charge < -0.3 is 20.1 Å². The standard InChI is InChI=1S/C33H35N7O4/c1-4-5-7-24-19-30(40(39-24)25-11-9-22(2)10-12-25)38-33(42)36-27-13-14-28(32-26(27)8-6-16-35-32)44-20-23-15-17-34-29(18-23)37-31(41)21-43-3/h6,8-19H,4-5,7,20-21H2,1-3H3,(H,34,37,41)(H2,36,38,42). The summed E-state index contributed by atoms with van der Waals surface area (Å²) in [4.78, 5) is 33.8. The molecule has 0 saturated carbocycles. The van der Waals surface area contributed by atoms with Crippen molar-refractivity contribution in [1.29, 1.82) is 0 Å². The summed E-state index contributed by atoms with van der Waals surface area (Å²) in [6, 6.07) is 20.3. The Bertz CT molecular complexity index is 1750. The van der Waals surface area contributed by atoms with Gasteiger partial charge in [0.1, 0.15) is 36.1 Å². The molecule has 0 atom stereocenters. The first-order valence-corrected chi connectivity index (χ1v) is 14.4. The van der Waals surface area contributed by atoms with Crippen molar-refractivity contribution in [3.05, 3.63) is 95.9 Å². The molecular weight excluding hydrogens is 558 g/mol. The molecule has 0 aliphatic carbocycles. The van der Waals surface area contributed by atoms with E-state index in [1.807, 2.05) is 43.3 Å². The van der Waals surface area contributed by atoms with Crippen molar-refractivity contribution in [2.45, 2.75) is 39.7 Å². The number of rotatable bonds is 12. The van der Waals surface area contributed by atoms with Gasteiger partial charge in [-0.2, -0.15) is 5.10 Å². The fourth-order valence-electron chi connectivity index (χ4n) is 4.63. The van der Waals surface area contributed by atoms with Crippen LogP contribution in [0.1, 0.15) is 36.6 Å². The molecule has 0 fully saturated rings. The summed E-state index contributed by atoms with van der Waals surface area (Å²) in [5, 5.41) is 14.1. The van der Waals surface area contributed by atoms with E-state index in [0.717, 1.165) is 47.2 Å². The Hall–Kier alpha value is -5.29. The zero-order valence-electron chi connectivity index (χ0n) is 25.0. The van der Waals surface area contributed by atoms with E-state index in [2.05, 4.69) is 32.8 Å². The van der Waals surface area contributed by atoms with Gasteiger partial charge in [-0.1, -0.05) is 31.0 Å². The van der Waals surface area contributed by atoms with Gasteiger partial charge in [0.25, 0.3) is 5.91 Å². The predicted octanol–water partition coefficient (Wildman–Crippen LogP) is 6.27. The SMILES string of the molecule is CCCCc1cc(NC(=O)Nc2ccc(OCc3ccnc(NC(=O)COC)c3)c3ncccc23)n(-c2ccc(C)cc2)n1. The maximum Gasteiger partial charge on any atom is 0.324 e. The van der Waals surface area contributed by atoms with Gasteiger partial charge in [-0.25, -0.2) is 14.5 Å². The summed E-state index contributed by atoms with van der Waals surface area (Å²) < 4.78 is 12.7. The van der Waals surface area contributed by atoms with Crippen molar-refractivity contribution in [3.8, 4) is 11.4 Å². The predicted molar refractivity (Wildman–Crippen MR) is 170 cm³/mol. The Labute approximate surface area is 255 Å². The lowest BCUT2D eigenvalue weighted by Crippen LogP contribution is -2.21. The zero-order chi connectivity index (χ0) is 30.9. The highest BCUT2D eigenvalue weighted by molar-refractivity contribution is 6.06. The number of aryl methyl sites for hydroxylation is 2. The van der Waals surface area contributed by atoms with E-state index in [4.69, 9.17) is 14.6 Å². The molecule has 0 unspecified atom stereocenters. The average Bonchev–Trinajstić information content (AvgIpc) is 3.42. The molecule has 2 aromatic carbocycles. The molecule has 5 rings (SSSR count). The molecule has 44 heavy (non-hydrogen) atoms. The van der Waals surface area contributed by atoms with Gasteiger partial charge in [0, 0.05) is 31.0 Å². The number of hydrogen-bond donors (Lipinski definition) is 3. The lowest BCUT2D eigenvalue weighted by atomic mass is 10.1. The minimum absolute atomic E-state index is 0.0607. The number of anilines is 3. The number of benzene rings is 2. The van der Waals surface area contributed by atoms with Crippen LogP contribution in [0.4, 0.5) is 22.1 Å². The molecule has 226 valence electrons. The van der Waals surface area contributed by atoms with Crippen LogP contribution >= 0.6 is 0 Å². The summed E-state index contributed by atoms with van der Waals surface area (Å²) in [5.74, 6) is 1.24. The molecule has 3 heterocycles. The fraction of sp³-hybridized carbons (Fsp3) is 0.242. The number of aromatic nitrogens is 4. The number of nitrogens with zero attached hydrogens (tertiary/aromatic N) is 4. The van der Waals surface area contributed by atoms with Crippen LogP contribution in [0.2, 0.25) is 0 Å². The summed E-state index contributed by atoms with van der Waals surface area (Å²) in [5.41, 5.74) is 4.91. The molecule has 0 aliphatic heterocycles. The van der Waals surface area contributed by atoms with E-state index in [-0.39, 0.29) is 19.1 Å². The minimum Gasteiger partial charge on any atom is -0.487 e. The summed E-state index contributed by atoms with van der Waals surface area (Å²) in [6.45, 7) is 4.33. The molecule has 3 aromatic heterocycles. The van der Waals surface area contributed by atoms with Gasteiger partial charge in [0.05, 0.1) is 17.1 Å². The second-order valence-electron chi connectivity index (χ2n) is 10.3. The number of ether oxygens (including phenoxy) is 2. The summed E-state index contributed by atoms with van der Waals surface area (Å²) in [6.07, 6.45) is 6.16. The van der Waals surface area contributed by atoms with E-state index in [9.17, 15) is 9.59 Å². The average molecular weight is 594 g/mol. The molecule has 5 aromatic rings. The van der Waals surface area contributed by atoms with E-state index >= 15 is 0 Å². The lowest BCUT2D eigenvalue weighted by molar-refractivity contribution is -0.119. The number of carbonyl (C=O) groups is 2. The molecule has 3 N–H and O–H groups in total. The second kappa shape index (κ2) is 14.3. The van der Waals surface area contributed by atoms with Crippen LogP contribution in [0.5, 0.6) is 5.75 Å². The van der Waals surface area contributed by atoms with Crippen molar-refractivity contribution in [1.82, 2.24) is 19.7 Å². The summed E-state index contributed by atoms with van der Waals surface area (Å²) in [7, 11) is 1.45. The number of methoxy groups -OCH3 is 1. The Balaban J connectivity index is 1.31. The van der Waals surface area contributed by atoms with Gasteiger partial charge in [0.2, 0.25) is 0 Å². The van der Waals surface area contributed by atoms with Crippen molar-refractivity contribution in [2.75, 3.05) is 29.7 Å². The fourth-order valence-corrected chi connectivity index (χ4v) is 4.63. The number of unbranched alkanes of at least 4 members (excludes halogenated alkanes) is 1. The molecule has 0 bridgehead atoms. The number of nitrogens with one attached hydrogen (secondary N) is 3. The molecule has 0 saturated heterocycles. The van der Waals surface area contributed by atoms with E-state index in [1.165, 1.54) is 7.11 Å². The van der Waals surface area contributed by atoms with Gasteiger partial charge in [-0.15, -0.1) is 0 Å².